The molecule has 1 aromatic heterocycles. The first-order valence-corrected chi connectivity index (χ1v) is 7.49. The van der Waals surface area contributed by atoms with E-state index in [-0.39, 0.29) is 6.04 Å². The van der Waals surface area contributed by atoms with E-state index in [9.17, 15) is 0 Å². The molecule has 0 bridgehead atoms. The summed E-state index contributed by atoms with van der Waals surface area (Å²) >= 11 is 1.73. The minimum atomic E-state index is 0.168. The highest BCUT2D eigenvalue weighted by Gasteiger charge is 2.26. The third-order valence-corrected chi connectivity index (χ3v) is 4.68. The number of rotatable bonds is 3. The normalized spacial score (nSPS) is 25.0. The average molecular weight is 268 g/mol. The summed E-state index contributed by atoms with van der Waals surface area (Å²) in [6.07, 6.45) is 2.12. The molecule has 2 heterocycles. The van der Waals surface area contributed by atoms with Gasteiger partial charge in [-0.15, -0.1) is 11.3 Å². The SMILES string of the molecule is Cc1csc(CC(N)C2CN(C)CCCN2C)n1. The van der Waals surface area contributed by atoms with Crippen molar-refractivity contribution in [1.29, 1.82) is 0 Å². The number of aromatic nitrogens is 1. The van der Waals surface area contributed by atoms with Gasteiger partial charge in [-0.05, 0) is 40.5 Å². The van der Waals surface area contributed by atoms with Crippen molar-refractivity contribution in [3.63, 3.8) is 0 Å². The maximum absolute atomic E-state index is 6.41. The number of thiazole rings is 1. The first kappa shape index (κ1) is 13.9. The molecule has 0 spiro atoms. The van der Waals surface area contributed by atoms with Gasteiger partial charge in [-0.3, -0.25) is 0 Å². The van der Waals surface area contributed by atoms with Crippen molar-refractivity contribution in [2.45, 2.75) is 31.8 Å². The van der Waals surface area contributed by atoms with Gasteiger partial charge in [-0.2, -0.15) is 0 Å². The van der Waals surface area contributed by atoms with Gasteiger partial charge in [0.2, 0.25) is 0 Å². The van der Waals surface area contributed by atoms with E-state index in [1.54, 1.807) is 11.3 Å². The summed E-state index contributed by atoms with van der Waals surface area (Å²) < 4.78 is 0. The Bertz CT molecular complexity index is 379. The highest BCUT2D eigenvalue weighted by atomic mass is 32.1. The van der Waals surface area contributed by atoms with E-state index in [2.05, 4.69) is 34.3 Å². The minimum absolute atomic E-state index is 0.168. The van der Waals surface area contributed by atoms with E-state index in [4.69, 9.17) is 5.73 Å². The molecule has 1 aromatic rings. The fourth-order valence-corrected chi connectivity index (χ4v) is 3.45. The third kappa shape index (κ3) is 3.51. The Labute approximate surface area is 114 Å². The van der Waals surface area contributed by atoms with Gasteiger partial charge in [0, 0.05) is 36.1 Å². The second kappa shape index (κ2) is 6.10. The molecule has 0 amide bonds. The average Bonchev–Trinajstić information content (AvgIpc) is 2.62. The molecule has 0 aliphatic carbocycles. The van der Waals surface area contributed by atoms with Gasteiger partial charge in [0.1, 0.15) is 0 Å². The molecule has 4 nitrogen and oxygen atoms in total. The van der Waals surface area contributed by atoms with Gasteiger partial charge in [0.25, 0.3) is 0 Å². The summed E-state index contributed by atoms with van der Waals surface area (Å²) in [5.41, 5.74) is 7.52. The lowest BCUT2D eigenvalue weighted by molar-refractivity contribution is 0.195. The highest BCUT2D eigenvalue weighted by Crippen LogP contribution is 2.15. The lowest BCUT2D eigenvalue weighted by atomic mass is 10.0. The molecule has 0 saturated carbocycles. The molecule has 1 aliphatic rings. The molecule has 5 heteroatoms. The number of hydrogen-bond donors (Lipinski definition) is 1. The Kier molecular flexibility index (Phi) is 4.72. The zero-order chi connectivity index (χ0) is 13.1. The molecule has 1 aliphatic heterocycles. The number of aryl methyl sites for hydroxylation is 1. The number of nitrogens with two attached hydrogens (primary N) is 1. The monoisotopic (exact) mass is 268 g/mol. The Balaban J connectivity index is 1.99. The van der Waals surface area contributed by atoms with Crippen LogP contribution in [0.15, 0.2) is 5.38 Å². The Morgan fingerprint density at radius 1 is 1.50 bits per heavy atom. The molecule has 18 heavy (non-hydrogen) atoms. The quantitative estimate of drug-likeness (QED) is 0.887. The van der Waals surface area contributed by atoms with E-state index < -0.39 is 0 Å². The van der Waals surface area contributed by atoms with Crippen molar-refractivity contribution >= 4 is 11.3 Å². The predicted molar refractivity (Wildman–Crippen MR) is 77.1 cm³/mol. The van der Waals surface area contributed by atoms with Crippen molar-refractivity contribution in [2.75, 3.05) is 33.7 Å². The molecular formula is C13H24N4S. The Morgan fingerprint density at radius 3 is 2.94 bits per heavy atom. The van der Waals surface area contributed by atoms with Crippen LogP contribution in [0.25, 0.3) is 0 Å². The lowest BCUT2D eigenvalue weighted by Gasteiger charge is -2.32. The second-order valence-electron chi connectivity index (χ2n) is 5.41. The zero-order valence-corrected chi connectivity index (χ0v) is 12.4. The molecule has 2 atom stereocenters. The maximum atomic E-state index is 6.41. The summed E-state index contributed by atoms with van der Waals surface area (Å²) in [6.45, 7) is 5.41. The van der Waals surface area contributed by atoms with Crippen molar-refractivity contribution in [2.24, 2.45) is 5.73 Å². The van der Waals surface area contributed by atoms with Crippen molar-refractivity contribution < 1.29 is 0 Å². The minimum Gasteiger partial charge on any atom is -0.326 e. The van der Waals surface area contributed by atoms with Gasteiger partial charge < -0.3 is 15.5 Å². The molecule has 0 aromatic carbocycles. The van der Waals surface area contributed by atoms with Crippen LogP contribution < -0.4 is 5.73 Å². The van der Waals surface area contributed by atoms with E-state index >= 15 is 0 Å². The first-order valence-electron chi connectivity index (χ1n) is 6.61. The number of likely N-dealkylation sites (N-methyl/N-ethyl adjacent to an activating group) is 2. The van der Waals surface area contributed by atoms with E-state index in [0.29, 0.717) is 6.04 Å². The fourth-order valence-electron chi connectivity index (χ4n) is 2.60. The van der Waals surface area contributed by atoms with Gasteiger partial charge >= 0.3 is 0 Å². The summed E-state index contributed by atoms with van der Waals surface area (Å²) in [5, 5.41) is 3.27. The highest BCUT2D eigenvalue weighted by molar-refractivity contribution is 7.09. The molecule has 102 valence electrons. The van der Waals surface area contributed by atoms with Crippen LogP contribution in [0.1, 0.15) is 17.1 Å². The molecule has 2 unspecified atom stereocenters. The van der Waals surface area contributed by atoms with Crippen LogP contribution in [0, 0.1) is 6.92 Å². The van der Waals surface area contributed by atoms with Crippen molar-refractivity contribution in [3.8, 4) is 0 Å². The first-order chi connectivity index (χ1) is 8.56. The molecule has 2 N–H and O–H groups in total. The smallest absolute Gasteiger partial charge is 0.0944 e. The van der Waals surface area contributed by atoms with Gasteiger partial charge in [-0.25, -0.2) is 4.98 Å². The summed E-state index contributed by atoms with van der Waals surface area (Å²) in [6, 6.07) is 0.600. The van der Waals surface area contributed by atoms with Crippen LogP contribution in [0.5, 0.6) is 0 Å². The van der Waals surface area contributed by atoms with Crippen LogP contribution >= 0.6 is 11.3 Å². The maximum Gasteiger partial charge on any atom is 0.0944 e. The number of hydrogen-bond acceptors (Lipinski definition) is 5. The van der Waals surface area contributed by atoms with Crippen LogP contribution in [-0.2, 0) is 6.42 Å². The Hall–Kier alpha value is -0.490. The Morgan fingerprint density at radius 2 is 2.28 bits per heavy atom. The molecule has 0 radical (unpaired) electrons. The standard InChI is InChI=1S/C13H24N4S/c1-10-9-18-13(15-10)7-11(14)12-8-16(2)5-4-6-17(12)3/h9,11-12H,4-8,14H2,1-3H3. The molecule has 1 saturated heterocycles. The van der Waals surface area contributed by atoms with Crippen LogP contribution in [0.4, 0.5) is 0 Å². The predicted octanol–water partition coefficient (Wildman–Crippen LogP) is 0.957. The lowest BCUT2D eigenvalue weighted by Crippen LogP contribution is -2.51. The third-order valence-electron chi connectivity index (χ3n) is 3.69. The summed E-state index contributed by atoms with van der Waals surface area (Å²) in [4.78, 5) is 9.32. The molecule has 1 fully saturated rings. The van der Waals surface area contributed by atoms with Gasteiger partial charge in [0.15, 0.2) is 0 Å². The van der Waals surface area contributed by atoms with Crippen molar-refractivity contribution in [1.82, 2.24) is 14.8 Å². The number of nitrogens with zero attached hydrogens (tertiary/aromatic N) is 3. The second-order valence-corrected chi connectivity index (χ2v) is 6.36. The fraction of sp³-hybridized carbons (Fsp3) is 0.769. The zero-order valence-electron chi connectivity index (χ0n) is 11.6. The molecular weight excluding hydrogens is 244 g/mol. The van der Waals surface area contributed by atoms with Crippen LogP contribution in [0.3, 0.4) is 0 Å². The van der Waals surface area contributed by atoms with Crippen LogP contribution in [0.2, 0.25) is 0 Å². The van der Waals surface area contributed by atoms with Gasteiger partial charge in [0.05, 0.1) is 5.01 Å². The topological polar surface area (TPSA) is 45.4 Å². The van der Waals surface area contributed by atoms with Crippen molar-refractivity contribution in [3.05, 3.63) is 16.1 Å². The van der Waals surface area contributed by atoms with Crippen LogP contribution in [-0.4, -0.2) is 60.6 Å². The molecule has 2 rings (SSSR count). The van der Waals surface area contributed by atoms with E-state index in [0.717, 1.165) is 25.2 Å². The van der Waals surface area contributed by atoms with E-state index in [1.807, 2.05) is 6.92 Å². The summed E-state index contributed by atoms with van der Waals surface area (Å²) in [7, 11) is 4.38. The largest absolute Gasteiger partial charge is 0.326 e. The summed E-state index contributed by atoms with van der Waals surface area (Å²) in [5.74, 6) is 0. The van der Waals surface area contributed by atoms with Gasteiger partial charge in [-0.1, -0.05) is 0 Å². The van der Waals surface area contributed by atoms with E-state index in [1.165, 1.54) is 18.0 Å².